The van der Waals surface area contributed by atoms with Crippen LogP contribution in [0.5, 0.6) is 0 Å². The number of carbonyl (C=O) groups is 3. The van der Waals surface area contributed by atoms with Gasteiger partial charge in [0, 0.05) is 12.0 Å². The molecule has 0 spiro atoms. The summed E-state index contributed by atoms with van der Waals surface area (Å²) in [5, 5.41) is 11.6. The van der Waals surface area contributed by atoms with Gasteiger partial charge in [-0.15, -0.1) is 11.8 Å². The van der Waals surface area contributed by atoms with Gasteiger partial charge in [-0.1, -0.05) is 29.0 Å². The molecule has 1 unspecified atom stereocenters. The summed E-state index contributed by atoms with van der Waals surface area (Å²) in [4.78, 5) is 41.1. The number of amides is 2. The van der Waals surface area contributed by atoms with Gasteiger partial charge in [0.2, 0.25) is 0 Å². The van der Waals surface area contributed by atoms with E-state index in [2.05, 4.69) is 10.3 Å². The number of β-lactam (4-membered cyclic amide) rings is 1. The lowest BCUT2D eigenvalue weighted by molar-refractivity contribution is -0.144. The standard InChI is InChI=1S/C14H13ClN4O4S2/c1-2-6(7-9(15)25-14(16)18-7)10(20)17-8-11(21)19-3-5(13(22)23)4-24-12(8)19/h2-3,8,12H,4H2,1H3,(H2,16,18)(H,17,20)(H,22,23)/t8?,12-/m1/s1. The maximum absolute atomic E-state index is 12.5. The number of thioether (sulfide) groups is 1. The average Bonchev–Trinajstić information content (AvgIpc) is 2.90. The number of thiazole rings is 1. The molecule has 0 aromatic carbocycles. The summed E-state index contributed by atoms with van der Waals surface area (Å²) in [5.41, 5.74) is 6.26. The van der Waals surface area contributed by atoms with Crippen molar-refractivity contribution in [1.29, 1.82) is 0 Å². The maximum Gasteiger partial charge on any atom is 0.333 e. The molecule has 1 saturated heterocycles. The van der Waals surface area contributed by atoms with Gasteiger partial charge >= 0.3 is 5.97 Å². The minimum atomic E-state index is -1.06. The van der Waals surface area contributed by atoms with Gasteiger partial charge in [-0.3, -0.25) is 9.59 Å². The topological polar surface area (TPSA) is 126 Å². The van der Waals surface area contributed by atoms with Crippen LogP contribution < -0.4 is 11.1 Å². The molecule has 8 nitrogen and oxygen atoms in total. The molecular weight excluding hydrogens is 388 g/mol. The lowest BCUT2D eigenvalue weighted by atomic mass is 10.1. The van der Waals surface area contributed by atoms with Crippen molar-refractivity contribution in [1.82, 2.24) is 15.2 Å². The fraction of sp³-hybridized carbons (Fsp3) is 0.286. The summed E-state index contributed by atoms with van der Waals surface area (Å²) < 4.78 is 0.295. The Kier molecular flexibility index (Phi) is 4.76. The summed E-state index contributed by atoms with van der Waals surface area (Å²) in [6.45, 7) is 1.66. The highest BCUT2D eigenvalue weighted by Crippen LogP contribution is 2.37. The molecule has 25 heavy (non-hydrogen) atoms. The quantitative estimate of drug-likeness (QED) is 0.511. The second-order valence-electron chi connectivity index (χ2n) is 5.23. The van der Waals surface area contributed by atoms with Crippen LogP contribution in [0.3, 0.4) is 0 Å². The Morgan fingerprint density at radius 2 is 2.28 bits per heavy atom. The summed E-state index contributed by atoms with van der Waals surface area (Å²) in [6, 6.07) is -0.728. The van der Waals surface area contributed by atoms with Crippen LogP contribution in [-0.4, -0.2) is 49.9 Å². The number of carboxylic acid groups (broad SMARTS) is 1. The Morgan fingerprint density at radius 1 is 1.56 bits per heavy atom. The number of nitrogens with one attached hydrogen (secondary N) is 1. The first-order chi connectivity index (χ1) is 11.8. The van der Waals surface area contributed by atoms with Gasteiger partial charge in [0.25, 0.3) is 11.8 Å². The molecule has 4 N–H and O–H groups in total. The van der Waals surface area contributed by atoms with Gasteiger partial charge in [0.15, 0.2) is 5.13 Å². The number of carboxylic acids is 1. The molecule has 3 rings (SSSR count). The van der Waals surface area contributed by atoms with E-state index in [1.54, 1.807) is 13.0 Å². The Morgan fingerprint density at radius 3 is 2.84 bits per heavy atom. The van der Waals surface area contributed by atoms with Crippen LogP contribution >= 0.6 is 34.7 Å². The number of carbonyl (C=O) groups excluding carboxylic acids is 2. The molecular formula is C14H13ClN4O4S2. The van der Waals surface area contributed by atoms with E-state index < -0.39 is 17.9 Å². The van der Waals surface area contributed by atoms with Crippen molar-refractivity contribution in [3.05, 3.63) is 27.9 Å². The number of nitrogens with two attached hydrogens (primary N) is 1. The van der Waals surface area contributed by atoms with Crippen molar-refractivity contribution in [2.75, 3.05) is 11.5 Å². The number of anilines is 1. The van der Waals surface area contributed by atoms with Crippen LogP contribution in [0.4, 0.5) is 5.13 Å². The minimum Gasteiger partial charge on any atom is -0.478 e. The molecule has 132 valence electrons. The summed E-state index contributed by atoms with van der Waals surface area (Å²) >= 11 is 8.39. The van der Waals surface area contributed by atoms with Crippen LogP contribution in [0, 0.1) is 0 Å². The molecule has 3 heterocycles. The molecule has 1 aromatic heterocycles. The van der Waals surface area contributed by atoms with Gasteiger partial charge in [-0.25, -0.2) is 9.78 Å². The first kappa shape index (κ1) is 17.8. The zero-order valence-corrected chi connectivity index (χ0v) is 15.2. The highest BCUT2D eigenvalue weighted by molar-refractivity contribution is 8.00. The van der Waals surface area contributed by atoms with E-state index in [0.29, 0.717) is 4.34 Å². The van der Waals surface area contributed by atoms with Gasteiger partial charge in [0.05, 0.1) is 11.1 Å². The predicted molar refractivity (Wildman–Crippen MR) is 95.9 cm³/mol. The van der Waals surface area contributed by atoms with E-state index in [0.717, 1.165) is 11.3 Å². The fourth-order valence-corrected chi connectivity index (χ4v) is 4.71. The molecule has 2 aliphatic rings. The summed E-state index contributed by atoms with van der Waals surface area (Å²) in [5.74, 6) is -1.63. The molecule has 2 aliphatic heterocycles. The zero-order valence-electron chi connectivity index (χ0n) is 12.9. The Bertz CT molecular complexity index is 835. The van der Waals surface area contributed by atoms with Crippen molar-refractivity contribution < 1.29 is 19.5 Å². The number of rotatable bonds is 4. The van der Waals surface area contributed by atoms with Gasteiger partial charge < -0.3 is 21.1 Å². The van der Waals surface area contributed by atoms with Gasteiger partial charge in [-0.05, 0) is 6.92 Å². The molecule has 1 fully saturated rings. The third-order valence-electron chi connectivity index (χ3n) is 3.74. The van der Waals surface area contributed by atoms with Crippen molar-refractivity contribution in [3.8, 4) is 0 Å². The number of nitrogen functional groups attached to an aromatic ring is 1. The second kappa shape index (κ2) is 6.70. The fourth-order valence-electron chi connectivity index (χ4n) is 2.51. The maximum atomic E-state index is 12.5. The monoisotopic (exact) mass is 400 g/mol. The zero-order chi connectivity index (χ0) is 18.3. The van der Waals surface area contributed by atoms with Crippen LogP contribution in [0.1, 0.15) is 12.6 Å². The Labute approximate surface area is 155 Å². The molecule has 11 heteroatoms. The average molecular weight is 401 g/mol. The number of halogens is 1. The minimum absolute atomic E-state index is 0.151. The third-order valence-corrected chi connectivity index (χ3v) is 6.14. The van der Waals surface area contributed by atoms with Crippen molar-refractivity contribution in [2.24, 2.45) is 0 Å². The molecule has 2 amide bonds. The van der Waals surface area contributed by atoms with Crippen LogP contribution in [0.25, 0.3) is 5.57 Å². The first-order valence-corrected chi connectivity index (χ1v) is 9.35. The molecule has 0 saturated carbocycles. The molecule has 0 aliphatic carbocycles. The number of allylic oxidation sites excluding steroid dienone is 1. The highest BCUT2D eigenvalue weighted by atomic mass is 35.5. The number of aromatic nitrogens is 1. The largest absolute Gasteiger partial charge is 0.478 e. The third kappa shape index (κ3) is 3.12. The second-order valence-corrected chi connectivity index (χ2v) is 7.97. The lowest BCUT2D eigenvalue weighted by Crippen LogP contribution is -2.68. The van der Waals surface area contributed by atoms with Crippen molar-refractivity contribution in [2.45, 2.75) is 18.3 Å². The Hall–Kier alpha value is -2.04. The molecule has 0 bridgehead atoms. The van der Waals surface area contributed by atoms with Crippen molar-refractivity contribution in [3.63, 3.8) is 0 Å². The lowest BCUT2D eigenvalue weighted by Gasteiger charge is -2.47. The van der Waals surface area contributed by atoms with E-state index in [1.165, 1.54) is 22.9 Å². The molecule has 0 radical (unpaired) electrons. The Balaban J connectivity index is 1.73. The molecule has 1 aromatic rings. The normalized spacial score (nSPS) is 22.8. The number of aliphatic carboxylic acids is 1. The van der Waals surface area contributed by atoms with Gasteiger partial charge in [-0.2, -0.15) is 0 Å². The first-order valence-electron chi connectivity index (χ1n) is 7.10. The van der Waals surface area contributed by atoms with E-state index >= 15 is 0 Å². The van der Waals surface area contributed by atoms with Gasteiger partial charge in [0.1, 0.15) is 21.4 Å². The van der Waals surface area contributed by atoms with E-state index in [1.807, 2.05) is 0 Å². The number of fused-ring (bicyclic) bond motifs is 1. The van der Waals surface area contributed by atoms with Crippen LogP contribution in [0.15, 0.2) is 17.8 Å². The number of hydrogen-bond donors (Lipinski definition) is 3. The predicted octanol–water partition coefficient (Wildman–Crippen LogP) is 1.15. The van der Waals surface area contributed by atoms with E-state index in [9.17, 15) is 14.4 Å². The van der Waals surface area contributed by atoms with Crippen LogP contribution in [-0.2, 0) is 14.4 Å². The van der Waals surface area contributed by atoms with Crippen LogP contribution in [0.2, 0.25) is 4.34 Å². The number of hydrogen-bond acceptors (Lipinski definition) is 7. The number of nitrogens with zero attached hydrogens (tertiary/aromatic N) is 2. The molecule has 2 atom stereocenters. The summed E-state index contributed by atoms with van der Waals surface area (Å²) in [6.07, 6.45) is 2.87. The highest BCUT2D eigenvalue weighted by Gasteiger charge is 2.50. The SMILES string of the molecule is CC=C(C(=O)NC1C(=O)N2C=C(C(=O)O)CS[C@H]12)c1nc(N)sc1Cl. The van der Waals surface area contributed by atoms with Crippen molar-refractivity contribution >= 4 is 63.2 Å². The van der Waals surface area contributed by atoms with E-state index in [-0.39, 0.29) is 39.0 Å². The van der Waals surface area contributed by atoms with E-state index in [4.69, 9.17) is 22.4 Å². The summed E-state index contributed by atoms with van der Waals surface area (Å²) in [7, 11) is 0. The smallest absolute Gasteiger partial charge is 0.333 e.